The van der Waals surface area contributed by atoms with Gasteiger partial charge in [-0.3, -0.25) is 9.59 Å². The highest BCUT2D eigenvalue weighted by molar-refractivity contribution is 5.95. The molecule has 2 amide bonds. The van der Waals surface area contributed by atoms with Crippen molar-refractivity contribution in [2.45, 2.75) is 25.8 Å². The maximum absolute atomic E-state index is 12.5. The second-order valence-electron chi connectivity index (χ2n) is 6.85. The summed E-state index contributed by atoms with van der Waals surface area (Å²) in [6, 6.07) is 16.1. The monoisotopic (exact) mass is 346 g/mol. The Bertz CT molecular complexity index is 855. The van der Waals surface area contributed by atoms with Crippen LogP contribution in [0.4, 0.5) is 5.69 Å². The Hall–Kier alpha value is -2.88. The van der Waals surface area contributed by atoms with Gasteiger partial charge in [-0.15, -0.1) is 0 Å². The molecule has 2 heterocycles. The quantitative estimate of drug-likeness (QED) is 0.799. The molecule has 0 spiro atoms. The standard InChI is InChI=1S/C22H22N2O2/c25-21(23-15-13-18-4-1-2-5-19(18)16-23)12-9-17-7-10-20(11-8-17)24-14-3-6-22(24)26/h1-2,4-5,7-12H,3,6,13-16H2/b12-9+. The van der Waals surface area contributed by atoms with Gasteiger partial charge in [0.05, 0.1) is 0 Å². The Morgan fingerprint density at radius 2 is 1.69 bits per heavy atom. The zero-order chi connectivity index (χ0) is 17.9. The molecule has 4 nitrogen and oxygen atoms in total. The lowest BCUT2D eigenvalue weighted by Crippen LogP contribution is -2.34. The van der Waals surface area contributed by atoms with E-state index in [1.165, 1.54) is 11.1 Å². The van der Waals surface area contributed by atoms with Crippen LogP contribution in [-0.4, -0.2) is 29.8 Å². The van der Waals surface area contributed by atoms with Crippen LogP contribution in [0.1, 0.15) is 29.5 Å². The summed E-state index contributed by atoms with van der Waals surface area (Å²) in [5, 5.41) is 0. The Morgan fingerprint density at radius 1 is 0.923 bits per heavy atom. The molecule has 0 radical (unpaired) electrons. The summed E-state index contributed by atoms with van der Waals surface area (Å²) in [6.45, 7) is 2.23. The second-order valence-corrected chi connectivity index (χ2v) is 6.85. The molecule has 4 rings (SSSR count). The minimum Gasteiger partial charge on any atom is -0.334 e. The molecule has 132 valence electrons. The van der Waals surface area contributed by atoms with Gasteiger partial charge in [0, 0.05) is 37.8 Å². The van der Waals surface area contributed by atoms with Crippen molar-refractivity contribution in [3.05, 3.63) is 71.3 Å². The topological polar surface area (TPSA) is 40.6 Å². The van der Waals surface area contributed by atoms with Crippen LogP contribution in [0.5, 0.6) is 0 Å². The molecule has 2 aromatic carbocycles. The number of carbonyl (C=O) groups is 2. The zero-order valence-corrected chi connectivity index (χ0v) is 14.7. The average molecular weight is 346 g/mol. The van der Waals surface area contributed by atoms with Crippen molar-refractivity contribution >= 4 is 23.6 Å². The number of hydrogen-bond acceptors (Lipinski definition) is 2. The molecule has 0 bridgehead atoms. The molecule has 0 unspecified atom stereocenters. The maximum atomic E-state index is 12.5. The van der Waals surface area contributed by atoms with Crippen LogP contribution in [0.2, 0.25) is 0 Å². The molecule has 1 fully saturated rings. The van der Waals surface area contributed by atoms with Gasteiger partial charge in [-0.2, -0.15) is 0 Å². The van der Waals surface area contributed by atoms with Crippen molar-refractivity contribution in [2.24, 2.45) is 0 Å². The number of anilines is 1. The van der Waals surface area contributed by atoms with Crippen LogP contribution < -0.4 is 4.90 Å². The van der Waals surface area contributed by atoms with Crippen LogP contribution in [0.15, 0.2) is 54.6 Å². The Kier molecular flexibility index (Phi) is 4.57. The number of benzene rings is 2. The van der Waals surface area contributed by atoms with E-state index in [0.717, 1.165) is 37.2 Å². The van der Waals surface area contributed by atoms with Gasteiger partial charge in [-0.05, 0) is 47.7 Å². The van der Waals surface area contributed by atoms with E-state index >= 15 is 0 Å². The summed E-state index contributed by atoms with van der Waals surface area (Å²) in [7, 11) is 0. The molecular weight excluding hydrogens is 324 g/mol. The maximum Gasteiger partial charge on any atom is 0.246 e. The highest BCUT2D eigenvalue weighted by Gasteiger charge is 2.21. The largest absolute Gasteiger partial charge is 0.334 e. The predicted molar refractivity (Wildman–Crippen MR) is 103 cm³/mol. The number of hydrogen-bond donors (Lipinski definition) is 0. The molecule has 1 saturated heterocycles. The van der Waals surface area contributed by atoms with Crippen molar-refractivity contribution in [3.63, 3.8) is 0 Å². The zero-order valence-electron chi connectivity index (χ0n) is 14.7. The predicted octanol–water partition coefficient (Wildman–Crippen LogP) is 3.41. The molecule has 0 aromatic heterocycles. The third-order valence-electron chi connectivity index (χ3n) is 5.14. The van der Waals surface area contributed by atoms with Crippen LogP contribution in [-0.2, 0) is 22.6 Å². The number of carbonyl (C=O) groups excluding carboxylic acids is 2. The Morgan fingerprint density at radius 3 is 2.42 bits per heavy atom. The first kappa shape index (κ1) is 16.6. The van der Waals surface area contributed by atoms with Gasteiger partial charge in [0.15, 0.2) is 0 Å². The molecule has 0 aliphatic carbocycles. The normalized spacial score (nSPS) is 17.0. The highest BCUT2D eigenvalue weighted by atomic mass is 16.2. The summed E-state index contributed by atoms with van der Waals surface area (Å²) in [4.78, 5) is 28.0. The summed E-state index contributed by atoms with van der Waals surface area (Å²) >= 11 is 0. The lowest BCUT2D eigenvalue weighted by atomic mass is 10.00. The first-order valence-electron chi connectivity index (χ1n) is 9.15. The van der Waals surface area contributed by atoms with E-state index in [2.05, 4.69) is 18.2 Å². The number of rotatable bonds is 3. The summed E-state index contributed by atoms with van der Waals surface area (Å²) in [5.41, 5.74) is 4.47. The van der Waals surface area contributed by atoms with Gasteiger partial charge in [-0.25, -0.2) is 0 Å². The van der Waals surface area contributed by atoms with E-state index in [-0.39, 0.29) is 11.8 Å². The summed E-state index contributed by atoms with van der Waals surface area (Å²) in [6.07, 6.45) is 5.96. The molecule has 4 heteroatoms. The van der Waals surface area contributed by atoms with Crippen molar-refractivity contribution in [2.75, 3.05) is 18.0 Å². The molecule has 26 heavy (non-hydrogen) atoms. The van der Waals surface area contributed by atoms with Crippen molar-refractivity contribution in [1.82, 2.24) is 4.90 Å². The van der Waals surface area contributed by atoms with E-state index in [1.807, 2.05) is 46.2 Å². The smallest absolute Gasteiger partial charge is 0.246 e. The minimum atomic E-state index is 0.0401. The molecule has 0 atom stereocenters. The first-order chi connectivity index (χ1) is 12.7. The molecule has 0 saturated carbocycles. The van der Waals surface area contributed by atoms with Gasteiger partial charge in [0.2, 0.25) is 11.8 Å². The summed E-state index contributed by atoms with van der Waals surface area (Å²) < 4.78 is 0. The van der Waals surface area contributed by atoms with E-state index in [4.69, 9.17) is 0 Å². The molecule has 2 aliphatic rings. The van der Waals surface area contributed by atoms with Gasteiger partial charge < -0.3 is 9.80 Å². The fraction of sp³-hybridized carbons (Fsp3) is 0.273. The van der Waals surface area contributed by atoms with Crippen LogP contribution in [0, 0.1) is 0 Å². The Labute approximate surface area is 153 Å². The SMILES string of the molecule is O=C(/C=C/c1ccc(N2CCCC2=O)cc1)N1CCc2ccccc2C1. The fourth-order valence-corrected chi connectivity index (χ4v) is 3.64. The third kappa shape index (κ3) is 3.40. The first-order valence-corrected chi connectivity index (χ1v) is 9.15. The van der Waals surface area contributed by atoms with Gasteiger partial charge in [0.25, 0.3) is 0 Å². The minimum absolute atomic E-state index is 0.0401. The van der Waals surface area contributed by atoms with E-state index in [9.17, 15) is 9.59 Å². The highest BCUT2D eigenvalue weighted by Crippen LogP contribution is 2.22. The third-order valence-corrected chi connectivity index (χ3v) is 5.14. The lowest BCUT2D eigenvalue weighted by molar-refractivity contribution is -0.126. The van der Waals surface area contributed by atoms with Gasteiger partial charge in [0.1, 0.15) is 0 Å². The van der Waals surface area contributed by atoms with E-state index < -0.39 is 0 Å². The number of nitrogens with zero attached hydrogens (tertiary/aromatic N) is 2. The van der Waals surface area contributed by atoms with Gasteiger partial charge in [-0.1, -0.05) is 36.4 Å². The summed E-state index contributed by atoms with van der Waals surface area (Å²) in [5.74, 6) is 0.229. The van der Waals surface area contributed by atoms with Crippen molar-refractivity contribution in [3.8, 4) is 0 Å². The average Bonchev–Trinajstić information content (AvgIpc) is 3.12. The molecular formula is C22H22N2O2. The molecule has 2 aliphatic heterocycles. The van der Waals surface area contributed by atoms with Crippen LogP contribution in [0.25, 0.3) is 6.08 Å². The number of amides is 2. The van der Waals surface area contributed by atoms with E-state index in [0.29, 0.717) is 13.0 Å². The fourth-order valence-electron chi connectivity index (χ4n) is 3.64. The van der Waals surface area contributed by atoms with Gasteiger partial charge >= 0.3 is 0 Å². The lowest BCUT2D eigenvalue weighted by Gasteiger charge is -2.27. The Balaban J connectivity index is 1.40. The number of fused-ring (bicyclic) bond motifs is 1. The van der Waals surface area contributed by atoms with Crippen molar-refractivity contribution < 1.29 is 9.59 Å². The van der Waals surface area contributed by atoms with Crippen LogP contribution in [0.3, 0.4) is 0 Å². The van der Waals surface area contributed by atoms with Crippen molar-refractivity contribution in [1.29, 1.82) is 0 Å². The van der Waals surface area contributed by atoms with Crippen LogP contribution >= 0.6 is 0 Å². The molecule has 2 aromatic rings. The van der Waals surface area contributed by atoms with E-state index in [1.54, 1.807) is 6.08 Å². The molecule has 0 N–H and O–H groups in total. The second kappa shape index (κ2) is 7.16.